The highest BCUT2D eigenvalue weighted by Crippen LogP contribution is 2.27. The highest BCUT2D eigenvalue weighted by Gasteiger charge is 2.14. The third kappa shape index (κ3) is 6.35. The van der Waals surface area contributed by atoms with E-state index in [4.69, 9.17) is 4.74 Å². The summed E-state index contributed by atoms with van der Waals surface area (Å²) < 4.78 is 6.06. The molecule has 3 nitrogen and oxygen atoms in total. The van der Waals surface area contributed by atoms with Gasteiger partial charge in [-0.2, -0.15) is 0 Å². The lowest BCUT2D eigenvalue weighted by Gasteiger charge is -2.14. The first-order chi connectivity index (χ1) is 14.3. The van der Waals surface area contributed by atoms with Crippen LogP contribution in [0, 0.1) is 0 Å². The van der Waals surface area contributed by atoms with E-state index in [0.29, 0.717) is 24.5 Å². The van der Waals surface area contributed by atoms with Gasteiger partial charge in [-0.05, 0) is 34.9 Å². The van der Waals surface area contributed by atoms with E-state index in [0.717, 1.165) is 29.2 Å². The number of carbonyl (C=O) groups is 1. The van der Waals surface area contributed by atoms with Crippen molar-refractivity contribution in [2.75, 3.05) is 6.54 Å². The van der Waals surface area contributed by atoms with E-state index in [1.54, 1.807) is 0 Å². The van der Waals surface area contributed by atoms with Crippen molar-refractivity contribution < 1.29 is 9.53 Å². The van der Waals surface area contributed by atoms with Gasteiger partial charge in [0.2, 0.25) is 0 Å². The molecular weight excluding hydrogens is 358 g/mol. The van der Waals surface area contributed by atoms with Gasteiger partial charge in [0, 0.05) is 6.54 Å². The maximum atomic E-state index is 12.9. The number of amides is 1. The number of unbranched alkanes of at least 4 members (excludes halogenated alkanes) is 5. The van der Waals surface area contributed by atoms with Crippen molar-refractivity contribution in [3.63, 3.8) is 0 Å². The quantitative estimate of drug-likeness (QED) is 0.380. The Morgan fingerprint density at radius 2 is 1.48 bits per heavy atom. The maximum absolute atomic E-state index is 12.9. The molecule has 0 saturated carbocycles. The minimum Gasteiger partial charge on any atom is -0.488 e. The van der Waals surface area contributed by atoms with Crippen LogP contribution >= 0.6 is 0 Å². The van der Waals surface area contributed by atoms with Crippen molar-refractivity contribution in [2.24, 2.45) is 0 Å². The normalized spacial score (nSPS) is 10.8. The lowest BCUT2D eigenvalue weighted by atomic mass is 10.0. The highest BCUT2D eigenvalue weighted by molar-refractivity contribution is 6.01. The number of fused-ring (bicyclic) bond motifs is 1. The van der Waals surface area contributed by atoms with E-state index in [1.807, 2.05) is 66.7 Å². The Labute approximate surface area is 174 Å². The van der Waals surface area contributed by atoms with Crippen LogP contribution < -0.4 is 10.1 Å². The smallest absolute Gasteiger partial charge is 0.255 e. The molecule has 0 radical (unpaired) electrons. The van der Waals surface area contributed by atoms with Crippen molar-refractivity contribution in [1.82, 2.24) is 5.32 Å². The van der Waals surface area contributed by atoms with Gasteiger partial charge in [0.05, 0.1) is 5.56 Å². The summed E-state index contributed by atoms with van der Waals surface area (Å²) in [5, 5.41) is 5.19. The van der Waals surface area contributed by atoms with Gasteiger partial charge in [-0.1, -0.05) is 93.6 Å². The monoisotopic (exact) mass is 389 g/mol. The van der Waals surface area contributed by atoms with Crippen molar-refractivity contribution in [3.8, 4) is 5.75 Å². The molecule has 0 aliphatic carbocycles. The summed E-state index contributed by atoms with van der Waals surface area (Å²) in [6.07, 6.45) is 7.26. The van der Waals surface area contributed by atoms with E-state index in [1.165, 1.54) is 25.7 Å². The summed E-state index contributed by atoms with van der Waals surface area (Å²) in [4.78, 5) is 12.9. The van der Waals surface area contributed by atoms with E-state index in [-0.39, 0.29) is 5.91 Å². The summed E-state index contributed by atoms with van der Waals surface area (Å²) >= 11 is 0. The molecule has 3 rings (SSSR count). The molecule has 0 atom stereocenters. The molecule has 3 heteroatoms. The molecule has 0 aliphatic rings. The summed E-state index contributed by atoms with van der Waals surface area (Å²) in [5.74, 6) is 0.570. The summed E-state index contributed by atoms with van der Waals surface area (Å²) in [6.45, 7) is 3.37. The SMILES string of the molecule is CCCCCCCCNC(=O)c1cc2ccccc2cc1OCc1ccccc1. The first-order valence-electron chi connectivity index (χ1n) is 10.8. The van der Waals surface area contributed by atoms with Gasteiger partial charge in [-0.3, -0.25) is 4.79 Å². The molecule has 0 aromatic heterocycles. The second-order valence-electron chi connectivity index (χ2n) is 7.49. The lowest BCUT2D eigenvalue weighted by Crippen LogP contribution is -2.25. The third-order valence-corrected chi connectivity index (χ3v) is 5.15. The Balaban J connectivity index is 1.66. The zero-order chi connectivity index (χ0) is 20.3. The van der Waals surface area contributed by atoms with Gasteiger partial charge in [0.15, 0.2) is 0 Å². The van der Waals surface area contributed by atoms with E-state index in [2.05, 4.69) is 12.2 Å². The van der Waals surface area contributed by atoms with Gasteiger partial charge in [0.25, 0.3) is 5.91 Å². The van der Waals surface area contributed by atoms with Crippen LogP contribution in [0.4, 0.5) is 0 Å². The van der Waals surface area contributed by atoms with Crippen LogP contribution in [0.3, 0.4) is 0 Å². The average Bonchev–Trinajstić information content (AvgIpc) is 2.77. The fraction of sp³-hybridized carbons (Fsp3) is 0.346. The van der Waals surface area contributed by atoms with Crippen LogP contribution in [-0.4, -0.2) is 12.5 Å². The molecule has 29 heavy (non-hydrogen) atoms. The predicted octanol–water partition coefficient (Wildman–Crippen LogP) is 6.51. The highest BCUT2D eigenvalue weighted by atomic mass is 16.5. The molecule has 0 aliphatic heterocycles. The second-order valence-corrected chi connectivity index (χ2v) is 7.49. The summed E-state index contributed by atoms with van der Waals surface area (Å²) in [5.41, 5.74) is 1.68. The first-order valence-corrected chi connectivity index (χ1v) is 10.8. The van der Waals surface area contributed by atoms with Gasteiger partial charge in [-0.15, -0.1) is 0 Å². The molecular formula is C26H31NO2. The average molecular weight is 390 g/mol. The van der Waals surface area contributed by atoms with E-state index >= 15 is 0 Å². The Morgan fingerprint density at radius 3 is 2.24 bits per heavy atom. The molecule has 0 spiro atoms. The Hall–Kier alpha value is -2.81. The molecule has 0 unspecified atom stereocenters. The summed E-state index contributed by atoms with van der Waals surface area (Å²) in [6, 6.07) is 22.0. The van der Waals surface area contributed by atoms with E-state index in [9.17, 15) is 4.79 Å². The topological polar surface area (TPSA) is 38.3 Å². The Kier molecular flexibility index (Phi) is 8.12. The van der Waals surface area contributed by atoms with Crippen molar-refractivity contribution in [1.29, 1.82) is 0 Å². The van der Waals surface area contributed by atoms with Crippen molar-refractivity contribution in [3.05, 3.63) is 77.9 Å². The summed E-state index contributed by atoms with van der Waals surface area (Å²) in [7, 11) is 0. The van der Waals surface area contributed by atoms with Crippen LogP contribution in [-0.2, 0) is 6.61 Å². The zero-order valence-corrected chi connectivity index (χ0v) is 17.3. The van der Waals surface area contributed by atoms with Crippen molar-refractivity contribution >= 4 is 16.7 Å². The van der Waals surface area contributed by atoms with Gasteiger partial charge >= 0.3 is 0 Å². The van der Waals surface area contributed by atoms with Crippen LogP contribution in [0.5, 0.6) is 5.75 Å². The maximum Gasteiger partial charge on any atom is 0.255 e. The molecule has 0 heterocycles. The third-order valence-electron chi connectivity index (χ3n) is 5.15. The zero-order valence-electron chi connectivity index (χ0n) is 17.3. The van der Waals surface area contributed by atoms with Crippen molar-refractivity contribution in [2.45, 2.75) is 52.1 Å². The number of benzene rings is 3. The molecule has 3 aromatic rings. The number of ether oxygens (including phenoxy) is 1. The Bertz CT molecular complexity index is 905. The molecule has 0 saturated heterocycles. The fourth-order valence-corrected chi connectivity index (χ4v) is 3.45. The van der Waals surface area contributed by atoms with Crippen LogP contribution in [0.2, 0.25) is 0 Å². The number of hydrogen-bond donors (Lipinski definition) is 1. The second kappa shape index (κ2) is 11.3. The van der Waals surface area contributed by atoms with Crippen LogP contribution in [0.1, 0.15) is 61.4 Å². The van der Waals surface area contributed by atoms with Gasteiger partial charge in [-0.25, -0.2) is 0 Å². The minimum atomic E-state index is -0.0626. The lowest BCUT2D eigenvalue weighted by molar-refractivity contribution is 0.0948. The van der Waals surface area contributed by atoms with Gasteiger partial charge in [0.1, 0.15) is 12.4 Å². The van der Waals surface area contributed by atoms with E-state index < -0.39 is 0 Å². The number of nitrogens with one attached hydrogen (secondary N) is 1. The Morgan fingerprint density at radius 1 is 0.828 bits per heavy atom. The number of rotatable bonds is 11. The molecule has 152 valence electrons. The molecule has 3 aromatic carbocycles. The molecule has 0 bridgehead atoms. The number of carbonyl (C=O) groups excluding carboxylic acids is 1. The number of hydrogen-bond acceptors (Lipinski definition) is 2. The first kappa shape index (κ1) is 20.9. The largest absolute Gasteiger partial charge is 0.488 e. The molecule has 1 N–H and O–H groups in total. The van der Waals surface area contributed by atoms with Crippen LogP contribution in [0.15, 0.2) is 66.7 Å². The predicted molar refractivity (Wildman–Crippen MR) is 120 cm³/mol. The molecule has 1 amide bonds. The molecule has 0 fully saturated rings. The van der Waals surface area contributed by atoms with Gasteiger partial charge < -0.3 is 10.1 Å². The fourth-order valence-electron chi connectivity index (χ4n) is 3.45. The standard InChI is InChI=1S/C26H31NO2/c1-2-3-4-5-6-12-17-27-26(28)24-18-22-15-10-11-16-23(22)19-25(24)29-20-21-13-8-7-9-14-21/h7-11,13-16,18-19H,2-6,12,17,20H2,1H3,(H,27,28). The van der Waals surface area contributed by atoms with Crippen LogP contribution in [0.25, 0.3) is 10.8 Å². The minimum absolute atomic E-state index is 0.0626.